The predicted molar refractivity (Wildman–Crippen MR) is 54.2 cm³/mol. The van der Waals surface area contributed by atoms with Gasteiger partial charge in [-0.3, -0.25) is 0 Å². The fraction of sp³-hybridized carbons (Fsp3) is 1.00. The summed E-state index contributed by atoms with van der Waals surface area (Å²) in [7, 11) is 2.02. The Morgan fingerprint density at radius 1 is 1.00 bits per heavy atom. The molecule has 1 radical (unpaired) electrons. The minimum atomic E-state index is 0.456. The van der Waals surface area contributed by atoms with Crippen molar-refractivity contribution in [3.63, 3.8) is 0 Å². The second-order valence-electron chi connectivity index (χ2n) is 5.76. The molecule has 1 N–H and O–H groups in total. The minimum Gasteiger partial charge on any atom is -0.185 e. The minimum absolute atomic E-state index is 0.456. The molecule has 0 aliphatic rings. The lowest BCUT2D eigenvalue weighted by molar-refractivity contribution is -0.628. The molecule has 0 bridgehead atoms. The molecule has 0 fully saturated rings. The van der Waals surface area contributed by atoms with Crippen molar-refractivity contribution in [3.8, 4) is 0 Å². The predicted octanol–water partition coefficient (Wildman–Crippen LogP) is 1.82. The Bertz CT molecular complexity index is 119. The van der Waals surface area contributed by atoms with Crippen LogP contribution in [0, 0.1) is 10.8 Å². The Kier molecular flexibility index (Phi) is 4.25. The van der Waals surface area contributed by atoms with Crippen LogP contribution in [0.1, 0.15) is 47.5 Å². The van der Waals surface area contributed by atoms with Gasteiger partial charge in [0.25, 0.3) is 0 Å². The van der Waals surface area contributed by atoms with Gasteiger partial charge in [-0.1, -0.05) is 34.6 Å². The molecule has 0 atom stereocenters. The van der Waals surface area contributed by atoms with Crippen LogP contribution in [0.5, 0.6) is 0 Å². The first kappa shape index (κ1) is 12.0. The fourth-order valence-electron chi connectivity index (χ4n) is 1.99. The van der Waals surface area contributed by atoms with E-state index in [0.717, 1.165) is 6.54 Å². The summed E-state index contributed by atoms with van der Waals surface area (Å²) in [5.41, 5.74) is 0.929. The lowest BCUT2D eigenvalue weighted by atomic mass is 9.74. The third-order valence-electron chi connectivity index (χ3n) is 2.06. The highest BCUT2D eigenvalue weighted by atomic mass is 14.8. The number of hydrogen-bond acceptors (Lipinski definition) is 1. The zero-order chi connectivity index (χ0) is 9.83. The maximum absolute atomic E-state index is 3.21. The molecule has 0 aliphatic heterocycles. The number of rotatable bonds is 4. The van der Waals surface area contributed by atoms with Crippen LogP contribution in [0.15, 0.2) is 0 Å². The van der Waals surface area contributed by atoms with Crippen LogP contribution < -0.4 is 5.32 Å². The van der Waals surface area contributed by atoms with Crippen LogP contribution in [0.3, 0.4) is 0 Å². The van der Waals surface area contributed by atoms with Crippen molar-refractivity contribution in [2.75, 3.05) is 13.6 Å². The Balaban J connectivity index is 3.86. The molecule has 0 heterocycles. The summed E-state index contributed by atoms with van der Waals surface area (Å²) in [6.07, 6.45) is 2.56. The molecule has 0 unspecified atom stereocenters. The third-order valence-corrected chi connectivity index (χ3v) is 2.06. The summed E-state index contributed by atoms with van der Waals surface area (Å²) in [6, 6.07) is 0. The van der Waals surface area contributed by atoms with E-state index in [9.17, 15) is 0 Å². The van der Waals surface area contributed by atoms with Gasteiger partial charge in [0.1, 0.15) is 13.6 Å². The van der Waals surface area contributed by atoms with E-state index in [2.05, 4.69) is 39.9 Å². The van der Waals surface area contributed by atoms with E-state index in [1.807, 2.05) is 7.05 Å². The Labute approximate surface area is 77.9 Å². The van der Waals surface area contributed by atoms with Crippen LogP contribution in [0.4, 0.5) is 0 Å². The van der Waals surface area contributed by atoms with E-state index in [-0.39, 0.29) is 0 Å². The second kappa shape index (κ2) is 4.27. The van der Waals surface area contributed by atoms with Crippen LogP contribution in [0.25, 0.3) is 0 Å². The Morgan fingerprint density at radius 2 is 1.50 bits per heavy atom. The SMILES string of the molecule is C[NH+]CCC(C)(C)CC(C)(C)C. The first-order chi connectivity index (χ1) is 5.27. The van der Waals surface area contributed by atoms with E-state index in [1.165, 1.54) is 12.8 Å². The highest BCUT2D eigenvalue weighted by Gasteiger charge is 2.25. The van der Waals surface area contributed by atoms with Gasteiger partial charge in [-0.25, -0.2) is 0 Å². The van der Waals surface area contributed by atoms with Crippen molar-refractivity contribution in [2.45, 2.75) is 47.5 Å². The largest absolute Gasteiger partial charge is 0.185 e. The lowest BCUT2D eigenvalue weighted by Crippen LogP contribution is -2.80. The standard InChI is InChI=1S/C11H25N/c1-10(2,3)9-11(4,5)7-8-12-6/h12H,7-9H2,1-6H3/q+1. The molecule has 0 aliphatic carbocycles. The van der Waals surface area contributed by atoms with E-state index in [4.69, 9.17) is 0 Å². The molecule has 0 aromatic rings. The molecule has 0 amide bonds. The summed E-state index contributed by atoms with van der Waals surface area (Å²) in [6.45, 7) is 12.8. The molecule has 0 aromatic carbocycles. The molecule has 0 spiro atoms. The molecule has 1 nitrogen and oxygen atoms in total. The summed E-state index contributed by atoms with van der Waals surface area (Å²) in [4.78, 5) is 0. The number of nitrogens with one attached hydrogen (secondary N) is 1. The number of hydrogen-bond donors (Lipinski definition) is 1. The van der Waals surface area contributed by atoms with E-state index in [1.54, 1.807) is 0 Å². The van der Waals surface area contributed by atoms with Gasteiger partial charge < -0.3 is 0 Å². The third kappa shape index (κ3) is 6.66. The summed E-state index contributed by atoms with van der Waals surface area (Å²) >= 11 is 0. The zero-order valence-electron chi connectivity index (χ0n) is 9.62. The maximum Gasteiger partial charge on any atom is 0.121 e. The molecule has 12 heavy (non-hydrogen) atoms. The van der Waals surface area contributed by atoms with Gasteiger partial charge in [-0.15, -0.1) is 0 Å². The normalized spacial score (nSPS) is 13.5. The van der Waals surface area contributed by atoms with E-state index < -0.39 is 0 Å². The van der Waals surface area contributed by atoms with Gasteiger partial charge in [-0.2, -0.15) is 5.32 Å². The van der Waals surface area contributed by atoms with Crippen molar-refractivity contribution in [1.29, 1.82) is 0 Å². The van der Waals surface area contributed by atoms with Crippen molar-refractivity contribution in [3.05, 3.63) is 0 Å². The highest BCUT2D eigenvalue weighted by Crippen LogP contribution is 2.34. The summed E-state index contributed by atoms with van der Waals surface area (Å²) < 4.78 is 0. The van der Waals surface area contributed by atoms with Crippen molar-refractivity contribution < 1.29 is 5.32 Å². The van der Waals surface area contributed by atoms with Gasteiger partial charge in [0.15, 0.2) is 0 Å². The quantitative estimate of drug-likeness (QED) is 0.664. The second-order valence-corrected chi connectivity index (χ2v) is 5.76. The molecule has 0 aromatic heterocycles. The fourth-order valence-corrected chi connectivity index (χ4v) is 1.99. The Morgan fingerprint density at radius 3 is 1.83 bits per heavy atom. The monoisotopic (exact) mass is 171 g/mol. The average molecular weight is 171 g/mol. The molecular formula is C11H25N+. The summed E-state index contributed by atoms with van der Waals surface area (Å²) in [5.74, 6) is 0. The van der Waals surface area contributed by atoms with Crippen LogP contribution >= 0.6 is 0 Å². The van der Waals surface area contributed by atoms with Crippen LogP contribution in [0.2, 0.25) is 0 Å². The maximum atomic E-state index is 3.21. The molecule has 0 saturated heterocycles. The van der Waals surface area contributed by atoms with Crippen LogP contribution in [-0.4, -0.2) is 13.6 Å². The van der Waals surface area contributed by atoms with Crippen molar-refractivity contribution >= 4 is 0 Å². The van der Waals surface area contributed by atoms with Gasteiger partial charge in [0.05, 0.1) is 0 Å². The first-order valence-corrected chi connectivity index (χ1v) is 4.91. The molecule has 0 saturated carbocycles. The van der Waals surface area contributed by atoms with Crippen molar-refractivity contribution in [2.24, 2.45) is 10.8 Å². The van der Waals surface area contributed by atoms with Gasteiger partial charge in [-0.05, 0) is 17.3 Å². The van der Waals surface area contributed by atoms with Gasteiger partial charge in [0, 0.05) is 6.42 Å². The molecular weight excluding hydrogens is 146 g/mol. The molecule has 73 valence electrons. The highest BCUT2D eigenvalue weighted by molar-refractivity contribution is 4.75. The molecule has 0 rings (SSSR count). The Hall–Kier alpha value is -0.0400. The van der Waals surface area contributed by atoms with Crippen molar-refractivity contribution in [1.82, 2.24) is 0 Å². The van der Waals surface area contributed by atoms with Gasteiger partial charge in [0.2, 0.25) is 0 Å². The van der Waals surface area contributed by atoms with E-state index >= 15 is 0 Å². The zero-order valence-corrected chi connectivity index (χ0v) is 9.62. The van der Waals surface area contributed by atoms with Gasteiger partial charge >= 0.3 is 0 Å². The summed E-state index contributed by atoms with van der Waals surface area (Å²) in [5, 5.41) is 3.21. The first-order valence-electron chi connectivity index (χ1n) is 4.91. The smallest absolute Gasteiger partial charge is 0.121 e. The molecule has 1 heteroatoms. The lowest BCUT2D eigenvalue weighted by Gasteiger charge is -2.31. The average Bonchev–Trinajstić information content (AvgIpc) is 1.78. The van der Waals surface area contributed by atoms with E-state index in [0.29, 0.717) is 10.8 Å². The van der Waals surface area contributed by atoms with Crippen LogP contribution in [-0.2, 0) is 0 Å². The topological polar surface area (TPSA) is 15.6 Å².